The fourth-order valence-corrected chi connectivity index (χ4v) is 1.84. The van der Waals surface area contributed by atoms with E-state index in [1.807, 2.05) is 31.2 Å². The summed E-state index contributed by atoms with van der Waals surface area (Å²) in [5, 5.41) is 4.30. The Morgan fingerprint density at radius 3 is 2.63 bits per heavy atom. The third-order valence-electron chi connectivity index (χ3n) is 2.87. The molecule has 2 N–H and O–H groups in total. The van der Waals surface area contributed by atoms with Crippen LogP contribution in [-0.2, 0) is 0 Å². The Labute approximate surface area is 112 Å². The first-order valence-corrected chi connectivity index (χ1v) is 6.29. The van der Waals surface area contributed by atoms with E-state index in [9.17, 15) is 4.79 Å². The van der Waals surface area contributed by atoms with Gasteiger partial charge >= 0.3 is 0 Å². The van der Waals surface area contributed by atoms with E-state index in [1.165, 1.54) is 0 Å². The Morgan fingerprint density at radius 2 is 2.00 bits per heavy atom. The lowest BCUT2D eigenvalue weighted by atomic mass is 10.3. The van der Waals surface area contributed by atoms with Crippen LogP contribution >= 0.6 is 0 Å². The van der Waals surface area contributed by atoms with Crippen molar-refractivity contribution in [3.05, 3.63) is 42.2 Å². The molecule has 0 radical (unpaired) electrons. The Morgan fingerprint density at radius 1 is 1.32 bits per heavy atom. The Kier molecular flexibility index (Phi) is 3.85. The lowest BCUT2D eigenvalue weighted by molar-refractivity contribution is 0.0789. The highest BCUT2D eigenvalue weighted by molar-refractivity contribution is 5.92. The summed E-state index contributed by atoms with van der Waals surface area (Å²) in [5.74, 6) is -0.0592. The van der Waals surface area contributed by atoms with Gasteiger partial charge in [0.05, 0.1) is 5.69 Å². The molecule has 2 rings (SSSR count). The SMILES string of the molecule is CCCN(C)C(=O)c1ccn(-c2ccc(N)cc2)n1. The first-order chi connectivity index (χ1) is 9.11. The minimum Gasteiger partial charge on any atom is -0.399 e. The molecule has 0 atom stereocenters. The van der Waals surface area contributed by atoms with Crippen molar-refractivity contribution in [2.45, 2.75) is 13.3 Å². The van der Waals surface area contributed by atoms with E-state index >= 15 is 0 Å². The smallest absolute Gasteiger partial charge is 0.274 e. The topological polar surface area (TPSA) is 64.2 Å². The molecule has 0 saturated heterocycles. The fraction of sp³-hybridized carbons (Fsp3) is 0.286. The molecule has 0 spiro atoms. The first-order valence-electron chi connectivity index (χ1n) is 6.29. The van der Waals surface area contributed by atoms with Gasteiger partial charge in [0.15, 0.2) is 5.69 Å². The summed E-state index contributed by atoms with van der Waals surface area (Å²) in [5.41, 5.74) is 7.68. The largest absolute Gasteiger partial charge is 0.399 e. The number of benzene rings is 1. The number of carbonyl (C=O) groups excluding carboxylic acids is 1. The van der Waals surface area contributed by atoms with Gasteiger partial charge in [0.25, 0.3) is 5.91 Å². The third kappa shape index (κ3) is 2.93. The van der Waals surface area contributed by atoms with Gasteiger partial charge in [0.1, 0.15) is 0 Å². The van der Waals surface area contributed by atoms with E-state index in [0.29, 0.717) is 11.4 Å². The van der Waals surface area contributed by atoms with Crippen molar-refractivity contribution in [1.82, 2.24) is 14.7 Å². The number of amides is 1. The molecule has 100 valence electrons. The van der Waals surface area contributed by atoms with Gasteiger partial charge in [-0.25, -0.2) is 4.68 Å². The quantitative estimate of drug-likeness (QED) is 0.852. The molecule has 1 heterocycles. The molecular formula is C14H18N4O. The van der Waals surface area contributed by atoms with Gasteiger partial charge in [0, 0.05) is 25.5 Å². The predicted molar refractivity (Wildman–Crippen MR) is 75.2 cm³/mol. The van der Waals surface area contributed by atoms with Crippen LogP contribution in [0.3, 0.4) is 0 Å². The maximum atomic E-state index is 12.1. The number of aromatic nitrogens is 2. The molecule has 5 nitrogen and oxygen atoms in total. The van der Waals surface area contributed by atoms with Gasteiger partial charge in [-0.05, 0) is 36.8 Å². The van der Waals surface area contributed by atoms with Crippen molar-refractivity contribution in [2.75, 3.05) is 19.3 Å². The van der Waals surface area contributed by atoms with E-state index in [2.05, 4.69) is 5.10 Å². The van der Waals surface area contributed by atoms with Crippen LogP contribution in [0.5, 0.6) is 0 Å². The molecule has 0 fully saturated rings. The normalized spacial score (nSPS) is 10.4. The fourth-order valence-electron chi connectivity index (χ4n) is 1.84. The standard InChI is InChI=1S/C14H18N4O/c1-3-9-17(2)14(19)13-8-10-18(16-13)12-6-4-11(15)5-7-12/h4-8,10H,3,9,15H2,1-2H3. The lowest BCUT2D eigenvalue weighted by Crippen LogP contribution is -2.27. The Hall–Kier alpha value is -2.30. The van der Waals surface area contributed by atoms with Crippen molar-refractivity contribution in [2.24, 2.45) is 0 Å². The summed E-state index contributed by atoms with van der Waals surface area (Å²) in [6.07, 6.45) is 2.71. The van der Waals surface area contributed by atoms with Gasteiger partial charge in [-0.15, -0.1) is 0 Å². The Balaban J connectivity index is 2.19. The predicted octanol–water partition coefficient (Wildman–Crippen LogP) is 1.94. The first kappa shape index (κ1) is 13.1. The summed E-state index contributed by atoms with van der Waals surface area (Å²) in [7, 11) is 1.79. The summed E-state index contributed by atoms with van der Waals surface area (Å²) >= 11 is 0. The van der Waals surface area contributed by atoms with E-state index in [-0.39, 0.29) is 5.91 Å². The molecule has 19 heavy (non-hydrogen) atoms. The molecule has 1 amide bonds. The zero-order valence-corrected chi connectivity index (χ0v) is 11.2. The lowest BCUT2D eigenvalue weighted by Gasteiger charge is -2.13. The second-order valence-corrected chi connectivity index (χ2v) is 4.46. The number of nitrogens with zero attached hydrogens (tertiary/aromatic N) is 3. The van der Waals surface area contributed by atoms with E-state index in [0.717, 1.165) is 18.7 Å². The highest BCUT2D eigenvalue weighted by Crippen LogP contribution is 2.11. The van der Waals surface area contributed by atoms with Crippen LogP contribution < -0.4 is 5.73 Å². The van der Waals surface area contributed by atoms with Crippen LogP contribution in [0.1, 0.15) is 23.8 Å². The molecule has 0 unspecified atom stereocenters. The van der Waals surface area contributed by atoms with E-state index < -0.39 is 0 Å². The molecule has 0 saturated carbocycles. The van der Waals surface area contributed by atoms with Crippen LogP contribution in [0.2, 0.25) is 0 Å². The van der Waals surface area contributed by atoms with Crippen molar-refractivity contribution in [1.29, 1.82) is 0 Å². The minimum absolute atomic E-state index is 0.0592. The second-order valence-electron chi connectivity index (χ2n) is 4.46. The highest BCUT2D eigenvalue weighted by Gasteiger charge is 2.14. The molecule has 0 bridgehead atoms. The van der Waals surface area contributed by atoms with Crippen molar-refractivity contribution < 1.29 is 4.79 Å². The number of rotatable bonds is 4. The maximum Gasteiger partial charge on any atom is 0.274 e. The van der Waals surface area contributed by atoms with Crippen molar-refractivity contribution in [3.8, 4) is 5.69 Å². The van der Waals surface area contributed by atoms with Crippen LogP contribution in [-0.4, -0.2) is 34.2 Å². The minimum atomic E-state index is -0.0592. The van der Waals surface area contributed by atoms with Crippen molar-refractivity contribution >= 4 is 11.6 Å². The molecule has 0 aliphatic heterocycles. The molecule has 0 aliphatic carbocycles. The average molecular weight is 258 g/mol. The number of nitrogen functional groups attached to an aromatic ring is 1. The van der Waals surface area contributed by atoms with E-state index in [4.69, 9.17) is 5.73 Å². The summed E-state index contributed by atoms with van der Waals surface area (Å²) < 4.78 is 1.67. The van der Waals surface area contributed by atoms with Gasteiger partial charge in [0.2, 0.25) is 0 Å². The Bertz CT molecular complexity index is 559. The molecular weight excluding hydrogens is 240 g/mol. The highest BCUT2D eigenvalue weighted by atomic mass is 16.2. The third-order valence-corrected chi connectivity index (χ3v) is 2.87. The van der Waals surface area contributed by atoms with Crippen LogP contribution in [0.25, 0.3) is 5.69 Å². The molecule has 1 aromatic heterocycles. The zero-order chi connectivity index (χ0) is 13.8. The molecule has 1 aromatic carbocycles. The van der Waals surface area contributed by atoms with Gasteiger partial charge in [-0.1, -0.05) is 6.92 Å². The summed E-state index contributed by atoms with van der Waals surface area (Å²) in [6, 6.07) is 9.08. The number of hydrogen-bond donors (Lipinski definition) is 1. The number of anilines is 1. The maximum absolute atomic E-state index is 12.1. The average Bonchev–Trinajstić information content (AvgIpc) is 2.88. The van der Waals surface area contributed by atoms with Crippen molar-refractivity contribution in [3.63, 3.8) is 0 Å². The van der Waals surface area contributed by atoms with Gasteiger partial charge in [-0.2, -0.15) is 5.10 Å². The van der Waals surface area contributed by atoms with Gasteiger partial charge in [-0.3, -0.25) is 4.79 Å². The second kappa shape index (κ2) is 5.56. The number of hydrogen-bond acceptors (Lipinski definition) is 3. The van der Waals surface area contributed by atoms with Crippen LogP contribution in [0, 0.1) is 0 Å². The van der Waals surface area contributed by atoms with Gasteiger partial charge < -0.3 is 10.6 Å². The molecule has 0 aliphatic rings. The summed E-state index contributed by atoms with van der Waals surface area (Å²) in [4.78, 5) is 13.7. The van der Waals surface area contributed by atoms with Crippen LogP contribution in [0.15, 0.2) is 36.5 Å². The summed E-state index contributed by atoms with van der Waals surface area (Å²) in [6.45, 7) is 2.77. The zero-order valence-electron chi connectivity index (χ0n) is 11.2. The van der Waals surface area contributed by atoms with E-state index in [1.54, 1.807) is 28.9 Å². The van der Waals surface area contributed by atoms with Crippen LogP contribution in [0.4, 0.5) is 5.69 Å². The monoisotopic (exact) mass is 258 g/mol. The number of nitrogens with two attached hydrogens (primary N) is 1. The molecule has 5 heteroatoms. The number of carbonyl (C=O) groups is 1. The molecule has 2 aromatic rings.